The summed E-state index contributed by atoms with van der Waals surface area (Å²) in [4.78, 5) is 27.5. The molecule has 0 aliphatic carbocycles. The van der Waals surface area contributed by atoms with Crippen molar-refractivity contribution in [2.24, 2.45) is 0 Å². The molecule has 0 saturated heterocycles. The first-order chi connectivity index (χ1) is 9.58. The Morgan fingerprint density at radius 2 is 1.75 bits per heavy atom. The molecule has 1 aromatic carbocycles. The molecule has 0 fully saturated rings. The number of carbonyl (C=O) groups excluding carboxylic acids is 2. The van der Waals surface area contributed by atoms with Gasteiger partial charge in [0.25, 0.3) is 11.8 Å². The topological polar surface area (TPSA) is 97.1 Å². The number of halogens is 1. The smallest absolute Gasteiger partial charge is 0.273 e. The van der Waals surface area contributed by atoms with Crippen molar-refractivity contribution in [2.75, 3.05) is 5.73 Å². The molecule has 0 radical (unpaired) electrons. The highest BCUT2D eigenvalue weighted by atomic mass is 79.9. The van der Waals surface area contributed by atoms with Crippen LogP contribution >= 0.6 is 15.9 Å². The van der Waals surface area contributed by atoms with Crippen LogP contribution in [0.3, 0.4) is 0 Å². The number of nitrogen functional groups attached to an aromatic ring is 1. The first kappa shape index (κ1) is 14.0. The van der Waals surface area contributed by atoms with E-state index in [1.165, 1.54) is 12.3 Å². The number of aromatic nitrogens is 1. The number of nitrogens with zero attached hydrogens (tertiary/aromatic N) is 1. The van der Waals surface area contributed by atoms with E-state index in [0.717, 1.165) is 0 Å². The minimum Gasteiger partial charge on any atom is -0.383 e. The van der Waals surface area contributed by atoms with Crippen molar-refractivity contribution in [1.29, 1.82) is 0 Å². The van der Waals surface area contributed by atoms with E-state index in [2.05, 4.69) is 31.8 Å². The van der Waals surface area contributed by atoms with Crippen molar-refractivity contribution in [3.05, 3.63) is 58.2 Å². The third-order valence-corrected chi connectivity index (χ3v) is 2.89. The lowest BCUT2D eigenvalue weighted by Crippen LogP contribution is -2.41. The van der Waals surface area contributed by atoms with Crippen molar-refractivity contribution >= 4 is 33.6 Å². The van der Waals surface area contributed by atoms with Gasteiger partial charge < -0.3 is 5.73 Å². The standard InChI is InChI=1S/C13H11BrN4O2/c14-9-6-10(11(15)16-7-9)13(20)18-17-12(19)8-4-2-1-3-5-8/h1-7H,(H2,15,16)(H,17,19)(H,18,20). The van der Waals surface area contributed by atoms with Crippen molar-refractivity contribution in [1.82, 2.24) is 15.8 Å². The fourth-order valence-corrected chi connectivity index (χ4v) is 1.81. The van der Waals surface area contributed by atoms with E-state index >= 15 is 0 Å². The molecule has 0 aliphatic rings. The minimum absolute atomic E-state index is 0.0830. The summed E-state index contributed by atoms with van der Waals surface area (Å²) in [5, 5.41) is 0. The quantitative estimate of drug-likeness (QED) is 0.725. The maximum Gasteiger partial charge on any atom is 0.273 e. The van der Waals surface area contributed by atoms with E-state index in [9.17, 15) is 9.59 Å². The van der Waals surface area contributed by atoms with Crippen LogP contribution in [0.5, 0.6) is 0 Å². The Morgan fingerprint density at radius 3 is 2.45 bits per heavy atom. The fraction of sp³-hybridized carbons (Fsp3) is 0. The molecule has 7 heteroatoms. The van der Waals surface area contributed by atoms with E-state index in [4.69, 9.17) is 5.73 Å². The van der Waals surface area contributed by atoms with Crippen LogP contribution in [0.4, 0.5) is 5.82 Å². The number of nitrogens with two attached hydrogens (primary N) is 1. The second-order valence-corrected chi connectivity index (χ2v) is 4.78. The zero-order valence-electron chi connectivity index (χ0n) is 10.3. The number of anilines is 1. The average molecular weight is 335 g/mol. The van der Waals surface area contributed by atoms with Crippen LogP contribution in [-0.2, 0) is 0 Å². The molecular formula is C13H11BrN4O2. The van der Waals surface area contributed by atoms with E-state index in [1.54, 1.807) is 30.3 Å². The summed E-state index contributed by atoms with van der Waals surface area (Å²) in [6.45, 7) is 0. The Labute approximate surface area is 123 Å². The number of amides is 2. The maximum atomic E-state index is 11.9. The number of hydrogen-bond donors (Lipinski definition) is 3. The third-order valence-electron chi connectivity index (χ3n) is 2.46. The summed E-state index contributed by atoms with van der Waals surface area (Å²) in [7, 11) is 0. The van der Waals surface area contributed by atoms with Crippen LogP contribution in [0.1, 0.15) is 20.7 Å². The maximum absolute atomic E-state index is 11.9. The Hall–Kier alpha value is -2.41. The third kappa shape index (κ3) is 3.33. The first-order valence-electron chi connectivity index (χ1n) is 5.64. The summed E-state index contributed by atoms with van der Waals surface area (Å²) >= 11 is 3.20. The molecule has 102 valence electrons. The highest BCUT2D eigenvalue weighted by molar-refractivity contribution is 9.10. The van der Waals surface area contributed by atoms with Gasteiger partial charge >= 0.3 is 0 Å². The Bertz CT molecular complexity index is 646. The van der Waals surface area contributed by atoms with Crippen LogP contribution < -0.4 is 16.6 Å². The Balaban J connectivity index is 2.02. The number of carbonyl (C=O) groups is 2. The Kier molecular flexibility index (Phi) is 4.31. The van der Waals surface area contributed by atoms with Crippen molar-refractivity contribution in [3.63, 3.8) is 0 Å². The van der Waals surface area contributed by atoms with E-state index in [-0.39, 0.29) is 11.4 Å². The second kappa shape index (κ2) is 6.16. The fourth-order valence-electron chi connectivity index (χ4n) is 1.47. The van der Waals surface area contributed by atoms with E-state index in [0.29, 0.717) is 10.0 Å². The summed E-state index contributed by atoms with van der Waals surface area (Å²) in [5.74, 6) is -0.874. The molecule has 2 amide bonds. The van der Waals surface area contributed by atoms with Gasteiger partial charge in [-0.15, -0.1) is 0 Å². The second-order valence-electron chi connectivity index (χ2n) is 3.86. The molecule has 0 unspecified atom stereocenters. The Morgan fingerprint density at radius 1 is 1.10 bits per heavy atom. The molecule has 0 bridgehead atoms. The molecule has 0 aliphatic heterocycles. The summed E-state index contributed by atoms with van der Waals surface area (Å²) in [6, 6.07) is 10.0. The van der Waals surface area contributed by atoms with Crippen LogP contribution in [0.2, 0.25) is 0 Å². The normalized spacial score (nSPS) is 9.85. The van der Waals surface area contributed by atoms with Gasteiger partial charge in [-0.3, -0.25) is 20.4 Å². The van der Waals surface area contributed by atoms with Gasteiger partial charge in [0.05, 0.1) is 5.56 Å². The number of nitrogens with one attached hydrogen (secondary N) is 2. The molecule has 1 heterocycles. The van der Waals surface area contributed by atoms with Crippen molar-refractivity contribution in [2.45, 2.75) is 0 Å². The summed E-state index contributed by atoms with van der Waals surface area (Å²) in [6.07, 6.45) is 1.48. The molecule has 2 aromatic rings. The highest BCUT2D eigenvalue weighted by Crippen LogP contribution is 2.15. The van der Waals surface area contributed by atoms with Gasteiger partial charge in [0.15, 0.2) is 0 Å². The largest absolute Gasteiger partial charge is 0.383 e. The highest BCUT2D eigenvalue weighted by Gasteiger charge is 2.12. The first-order valence-corrected chi connectivity index (χ1v) is 6.44. The lowest BCUT2D eigenvalue weighted by atomic mass is 10.2. The van der Waals surface area contributed by atoms with Gasteiger partial charge in [-0.2, -0.15) is 0 Å². The number of pyridine rings is 1. The number of rotatable bonds is 2. The van der Waals surface area contributed by atoms with Gasteiger partial charge in [-0.1, -0.05) is 18.2 Å². The van der Waals surface area contributed by atoms with Gasteiger partial charge in [-0.25, -0.2) is 4.98 Å². The zero-order chi connectivity index (χ0) is 14.5. The number of hydrogen-bond acceptors (Lipinski definition) is 4. The molecule has 0 saturated carbocycles. The van der Waals surface area contributed by atoms with E-state index in [1.807, 2.05) is 0 Å². The zero-order valence-corrected chi connectivity index (χ0v) is 11.8. The van der Waals surface area contributed by atoms with Gasteiger partial charge in [0.2, 0.25) is 0 Å². The molecule has 0 spiro atoms. The predicted octanol–water partition coefficient (Wildman–Crippen LogP) is 1.50. The van der Waals surface area contributed by atoms with Crippen LogP contribution in [-0.4, -0.2) is 16.8 Å². The van der Waals surface area contributed by atoms with Gasteiger partial charge in [0.1, 0.15) is 5.82 Å². The van der Waals surface area contributed by atoms with Crippen LogP contribution in [0.25, 0.3) is 0 Å². The monoisotopic (exact) mass is 334 g/mol. The van der Waals surface area contributed by atoms with Gasteiger partial charge in [-0.05, 0) is 34.1 Å². The molecular weight excluding hydrogens is 324 g/mol. The SMILES string of the molecule is Nc1ncc(Br)cc1C(=O)NNC(=O)c1ccccc1. The number of hydrazine groups is 1. The lowest BCUT2D eigenvalue weighted by molar-refractivity contribution is 0.0847. The molecule has 0 atom stereocenters. The van der Waals surface area contributed by atoms with E-state index < -0.39 is 11.8 Å². The average Bonchev–Trinajstić information content (AvgIpc) is 2.47. The van der Waals surface area contributed by atoms with Crippen LogP contribution in [0, 0.1) is 0 Å². The molecule has 20 heavy (non-hydrogen) atoms. The number of benzene rings is 1. The molecule has 6 nitrogen and oxygen atoms in total. The molecule has 4 N–H and O–H groups in total. The molecule has 1 aromatic heterocycles. The summed E-state index contributed by atoms with van der Waals surface area (Å²) < 4.78 is 0.617. The lowest BCUT2D eigenvalue weighted by Gasteiger charge is -2.08. The van der Waals surface area contributed by atoms with Crippen molar-refractivity contribution < 1.29 is 9.59 Å². The van der Waals surface area contributed by atoms with Crippen LogP contribution in [0.15, 0.2) is 47.1 Å². The minimum atomic E-state index is -0.541. The molecule has 2 rings (SSSR count). The predicted molar refractivity (Wildman–Crippen MR) is 77.7 cm³/mol. The van der Waals surface area contributed by atoms with Crippen molar-refractivity contribution in [3.8, 4) is 0 Å². The van der Waals surface area contributed by atoms with Gasteiger partial charge in [0, 0.05) is 16.2 Å². The summed E-state index contributed by atoms with van der Waals surface area (Å²) in [5.41, 5.74) is 10.8.